The molecule has 0 spiro atoms. The standard InChI is InChI=1S/C29H47N3O5/c1-20-18-32(21(2)19-33)29(35)25-16-24(31-28(34)23-11-6-5-7-12-23)13-14-26(25)37-22(3)10-8-9-15-36-27(20)17-30-4/h13-14,16,20-23,27,30,33H,5-12,15,17-19H2,1-4H3,(H,31,34)/t20-,21+,22-,27+/m1/s1. The Morgan fingerprint density at radius 1 is 1.14 bits per heavy atom. The maximum Gasteiger partial charge on any atom is 0.258 e. The summed E-state index contributed by atoms with van der Waals surface area (Å²) < 4.78 is 12.5. The Bertz CT molecular complexity index is 873. The number of nitrogens with one attached hydrogen (secondary N) is 2. The molecule has 1 saturated carbocycles. The van der Waals surface area contributed by atoms with Crippen LogP contribution in [0.5, 0.6) is 5.75 Å². The van der Waals surface area contributed by atoms with E-state index in [1.54, 1.807) is 17.0 Å². The summed E-state index contributed by atoms with van der Waals surface area (Å²) in [4.78, 5) is 28.7. The summed E-state index contributed by atoms with van der Waals surface area (Å²) in [6.45, 7) is 7.57. The van der Waals surface area contributed by atoms with Crippen LogP contribution in [0.2, 0.25) is 0 Å². The van der Waals surface area contributed by atoms with Gasteiger partial charge in [-0.05, 0) is 71.2 Å². The Morgan fingerprint density at radius 3 is 2.57 bits per heavy atom. The van der Waals surface area contributed by atoms with Crippen LogP contribution in [0.15, 0.2) is 18.2 Å². The van der Waals surface area contributed by atoms with E-state index in [1.165, 1.54) is 6.42 Å². The number of ether oxygens (including phenoxy) is 2. The molecule has 1 fully saturated rings. The van der Waals surface area contributed by atoms with Crippen molar-refractivity contribution in [1.29, 1.82) is 0 Å². The van der Waals surface area contributed by atoms with Crippen LogP contribution in [0.4, 0.5) is 5.69 Å². The average molecular weight is 518 g/mol. The molecule has 0 bridgehead atoms. The lowest BCUT2D eigenvalue weighted by atomic mass is 9.88. The predicted octanol–water partition coefficient (Wildman–Crippen LogP) is 4.22. The molecule has 0 saturated heterocycles. The number of amides is 2. The quantitative estimate of drug-likeness (QED) is 0.523. The summed E-state index contributed by atoms with van der Waals surface area (Å²) >= 11 is 0. The molecule has 0 radical (unpaired) electrons. The van der Waals surface area contributed by atoms with Crippen LogP contribution in [0, 0.1) is 11.8 Å². The molecule has 2 aliphatic rings. The molecule has 3 rings (SSSR count). The number of aliphatic hydroxyl groups is 1. The Kier molecular flexibility index (Phi) is 11.7. The first kappa shape index (κ1) is 29.4. The summed E-state index contributed by atoms with van der Waals surface area (Å²) in [5, 5.41) is 16.3. The lowest BCUT2D eigenvalue weighted by Gasteiger charge is -2.34. The van der Waals surface area contributed by atoms with Crippen molar-refractivity contribution in [2.24, 2.45) is 11.8 Å². The Morgan fingerprint density at radius 2 is 1.86 bits per heavy atom. The van der Waals surface area contributed by atoms with Gasteiger partial charge in [0.2, 0.25) is 5.91 Å². The molecule has 1 aromatic rings. The van der Waals surface area contributed by atoms with Gasteiger partial charge in [0.15, 0.2) is 0 Å². The fraction of sp³-hybridized carbons (Fsp3) is 0.724. The Labute approximate surface area is 222 Å². The molecule has 4 atom stereocenters. The molecule has 0 aromatic heterocycles. The number of rotatable bonds is 6. The summed E-state index contributed by atoms with van der Waals surface area (Å²) in [6, 6.07) is 4.97. The van der Waals surface area contributed by atoms with Crippen molar-refractivity contribution in [3.8, 4) is 5.75 Å². The molecule has 1 heterocycles. The van der Waals surface area contributed by atoms with Crippen LogP contribution in [0.25, 0.3) is 0 Å². The summed E-state index contributed by atoms with van der Waals surface area (Å²) in [5.41, 5.74) is 1.00. The highest BCUT2D eigenvalue weighted by Crippen LogP contribution is 2.30. The number of hydrogen-bond acceptors (Lipinski definition) is 6. The van der Waals surface area contributed by atoms with Gasteiger partial charge in [0.25, 0.3) is 5.91 Å². The van der Waals surface area contributed by atoms with Crippen molar-refractivity contribution in [3.05, 3.63) is 23.8 Å². The number of fused-ring (bicyclic) bond motifs is 1. The molecule has 8 nitrogen and oxygen atoms in total. The molecule has 1 aliphatic heterocycles. The van der Waals surface area contributed by atoms with Crippen molar-refractivity contribution < 1.29 is 24.2 Å². The zero-order valence-corrected chi connectivity index (χ0v) is 23.1. The molecule has 3 N–H and O–H groups in total. The highest BCUT2D eigenvalue weighted by molar-refractivity contribution is 6.00. The van der Waals surface area contributed by atoms with E-state index in [2.05, 4.69) is 17.6 Å². The highest BCUT2D eigenvalue weighted by atomic mass is 16.5. The number of carbonyl (C=O) groups excluding carboxylic acids is 2. The van der Waals surface area contributed by atoms with E-state index < -0.39 is 0 Å². The maximum absolute atomic E-state index is 14.0. The van der Waals surface area contributed by atoms with Crippen LogP contribution in [0.3, 0.4) is 0 Å². The topological polar surface area (TPSA) is 100 Å². The number of hydrogen-bond donors (Lipinski definition) is 3. The minimum Gasteiger partial charge on any atom is -0.490 e. The third-order valence-corrected chi connectivity index (χ3v) is 7.70. The fourth-order valence-corrected chi connectivity index (χ4v) is 5.30. The van der Waals surface area contributed by atoms with Crippen LogP contribution >= 0.6 is 0 Å². The van der Waals surface area contributed by atoms with Gasteiger partial charge in [0, 0.05) is 37.2 Å². The maximum atomic E-state index is 14.0. The van der Waals surface area contributed by atoms with Gasteiger partial charge in [0.1, 0.15) is 5.75 Å². The van der Waals surface area contributed by atoms with Gasteiger partial charge in [-0.1, -0.05) is 26.2 Å². The first-order valence-electron chi connectivity index (χ1n) is 14.1. The van der Waals surface area contributed by atoms with E-state index in [0.29, 0.717) is 36.7 Å². The second-order valence-electron chi connectivity index (χ2n) is 10.9. The van der Waals surface area contributed by atoms with Gasteiger partial charge >= 0.3 is 0 Å². The zero-order valence-electron chi connectivity index (χ0n) is 23.1. The average Bonchev–Trinajstić information content (AvgIpc) is 2.90. The second kappa shape index (κ2) is 14.7. The summed E-state index contributed by atoms with van der Waals surface area (Å²) in [6.07, 6.45) is 7.79. The van der Waals surface area contributed by atoms with Crippen molar-refractivity contribution in [2.45, 2.75) is 90.4 Å². The number of likely N-dealkylation sites (N-methyl/N-ethyl adjacent to an activating group) is 1. The second-order valence-corrected chi connectivity index (χ2v) is 10.9. The van der Waals surface area contributed by atoms with Crippen LogP contribution < -0.4 is 15.4 Å². The predicted molar refractivity (Wildman–Crippen MR) is 146 cm³/mol. The number of nitrogens with zero attached hydrogens (tertiary/aromatic N) is 1. The highest BCUT2D eigenvalue weighted by Gasteiger charge is 2.30. The lowest BCUT2D eigenvalue weighted by Crippen LogP contribution is -2.47. The van der Waals surface area contributed by atoms with Crippen molar-refractivity contribution >= 4 is 17.5 Å². The molecule has 2 amide bonds. The first-order chi connectivity index (χ1) is 17.8. The number of benzene rings is 1. The van der Waals surface area contributed by atoms with E-state index in [4.69, 9.17) is 9.47 Å². The molecule has 1 aromatic carbocycles. The molecule has 0 unspecified atom stereocenters. The van der Waals surface area contributed by atoms with Crippen LogP contribution in [0.1, 0.15) is 82.5 Å². The van der Waals surface area contributed by atoms with E-state index >= 15 is 0 Å². The van der Waals surface area contributed by atoms with Gasteiger partial charge in [-0.25, -0.2) is 0 Å². The smallest absolute Gasteiger partial charge is 0.258 e. The molecular formula is C29H47N3O5. The normalized spacial score (nSPS) is 25.5. The minimum atomic E-state index is -0.385. The van der Waals surface area contributed by atoms with E-state index in [9.17, 15) is 14.7 Å². The van der Waals surface area contributed by atoms with Crippen molar-refractivity contribution in [2.75, 3.05) is 38.7 Å². The zero-order chi connectivity index (χ0) is 26.8. The van der Waals surface area contributed by atoms with Crippen LogP contribution in [-0.2, 0) is 9.53 Å². The monoisotopic (exact) mass is 517 g/mol. The fourth-order valence-electron chi connectivity index (χ4n) is 5.30. The molecule has 1 aliphatic carbocycles. The number of anilines is 1. The van der Waals surface area contributed by atoms with Gasteiger partial charge < -0.3 is 30.1 Å². The Balaban J connectivity index is 1.93. The number of carbonyl (C=O) groups is 2. The third kappa shape index (κ3) is 8.42. The van der Waals surface area contributed by atoms with Crippen molar-refractivity contribution in [1.82, 2.24) is 10.2 Å². The lowest BCUT2D eigenvalue weighted by molar-refractivity contribution is -0.120. The van der Waals surface area contributed by atoms with E-state index in [-0.39, 0.29) is 48.5 Å². The van der Waals surface area contributed by atoms with Crippen LogP contribution in [-0.4, -0.2) is 73.4 Å². The van der Waals surface area contributed by atoms with Crippen molar-refractivity contribution in [3.63, 3.8) is 0 Å². The van der Waals surface area contributed by atoms with Gasteiger partial charge in [-0.3, -0.25) is 9.59 Å². The minimum absolute atomic E-state index is 0.0172. The largest absolute Gasteiger partial charge is 0.490 e. The SMILES string of the molecule is CNC[C@@H]1OCCCC[C@@H](C)Oc2ccc(NC(=O)C3CCCCC3)cc2C(=O)N([C@@H](C)CO)C[C@H]1C. The Hall–Kier alpha value is -2.16. The number of aliphatic hydroxyl groups excluding tert-OH is 1. The molecular weight excluding hydrogens is 470 g/mol. The van der Waals surface area contributed by atoms with Gasteiger partial charge in [-0.2, -0.15) is 0 Å². The first-order valence-corrected chi connectivity index (χ1v) is 14.1. The van der Waals surface area contributed by atoms with E-state index in [1.807, 2.05) is 27.0 Å². The molecule has 8 heteroatoms. The molecule has 208 valence electrons. The van der Waals surface area contributed by atoms with Gasteiger partial charge in [-0.15, -0.1) is 0 Å². The van der Waals surface area contributed by atoms with Gasteiger partial charge in [0.05, 0.1) is 30.4 Å². The molecule has 37 heavy (non-hydrogen) atoms. The summed E-state index contributed by atoms with van der Waals surface area (Å²) in [5.74, 6) is 0.375. The summed E-state index contributed by atoms with van der Waals surface area (Å²) in [7, 11) is 1.90. The van der Waals surface area contributed by atoms with E-state index in [0.717, 1.165) is 44.9 Å². The third-order valence-electron chi connectivity index (χ3n) is 7.70.